The first-order valence-corrected chi connectivity index (χ1v) is 6.54. The van der Waals surface area contributed by atoms with Crippen molar-refractivity contribution in [1.29, 1.82) is 0 Å². The number of hydrogen-bond acceptors (Lipinski definition) is 3. The maximum atomic E-state index is 12.3. The predicted molar refractivity (Wildman–Crippen MR) is 78.4 cm³/mol. The van der Waals surface area contributed by atoms with E-state index >= 15 is 0 Å². The van der Waals surface area contributed by atoms with Gasteiger partial charge in [0, 0.05) is 17.1 Å². The molecule has 2 aromatic carbocycles. The molecule has 0 aliphatic rings. The van der Waals surface area contributed by atoms with Crippen LogP contribution in [0.2, 0.25) is 0 Å². The monoisotopic (exact) mass is 321 g/mol. The van der Waals surface area contributed by atoms with Crippen LogP contribution in [0, 0.1) is 0 Å². The first-order chi connectivity index (χ1) is 10.8. The Labute approximate surface area is 127 Å². The van der Waals surface area contributed by atoms with Crippen LogP contribution in [0.4, 0.5) is 13.2 Å². The molecule has 0 saturated carbocycles. The summed E-state index contributed by atoms with van der Waals surface area (Å²) in [6, 6.07) is 9.60. The van der Waals surface area contributed by atoms with Crippen LogP contribution in [0.1, 0.15) is 0 Å². The van der Waals surface area contributed by atoms with Crippen molar-refractivity contribution in [3.05, 3.63) is 59.0 Å². The summed E-state index contributed by atoms with van der Waals surface area (Å²) in [5, 5.41) is 11.0. The number of H-pyrrole nitrogens is 1. The predicted octanol–water partition coefficient (Wildman–Crippen LogP) is 3.80. The summed E-state index contributed by atoms with van der Waals surface area (Å²) in [4.78, 5) is 14.2. The van der Waals surface area contributed by atoms with Gasteiger partial charge in [0.05, 0.1) is 0 Å². The smallest absolute Gasteiger partial charge is 0.507 e. The Morgan fingerprint density at radius 3 is 2.57 bits per heavy atom. The van der Waals surface area contributed by atoms with E-state index in [1.807, 2.05) is 0 Å². The van der Waals surface area contributed by atoms with Crippen LogP contribution in [-0.2, 0) is 0 Å². The molecule has 23 heavy (non-hydrogen) atoms. The lowest BCUT2D eigenvalue weighted by molar-refractivity contribution is -0.274. The second kappa shape index (κ2) is 5.35. The Bertz CT molecular complexity index is 932. The molecule has 118 valence electrons. The number of aromatic nitrogens is 1. The van der Waals surface area contributed by atoms with Gasteiger partial charge in [-0.2, -0.15) is 0 Å². The molecule has 0 aliphatic carbocycles. The van der Waals surface area contributed by atoms with Gasteiger partial charge in [-0.3, -0.25) is 4.79 Å². The highest BCUT2D eigenvalue weighted by atomic mass is 19.4. The Morgan fingerprint density at radius 2 is 1.83 bits per heavy atom. The second-order valence-electron chi connectivity index (χ2n) is 4.84. The Kier molecular flexibility index (Phi) is 3.48. The number of phenols is 1. The van der Waals surface area contributed by atoms with Gasteiger partial charge in [0.25, 0.3) is 5.56 Å². The molecule has 0 amide bonds. The Hall–Kier alpha value is -2.96. The molecule has 0 aliphatic heterocycles. The lowest BCUT2D eigenvalue weighted by atomic mass is 10.0. The highest BCUT2D eigenvalue weighted by Gasteiger charge is 2.31. The van der Waals surface area contributed by atoms with E-state index < -0.39 is 12.1 Å². The lowest BCUT2D eigenvalue weighted by Crippen LogP contribution is -2.17. The van der Waals surface area contributed by atoms with E-state index in [0.29, 0.717) is 16.3 Å². The first-order valence-electron chi connectivity index (χ1n) is 6.54. The zero-order valence-electron chi connectivity index (χ0n) is 11.5. The molecule has 0 unspecified atom stereocenters. The molecule has 0 fully saturated rings. The third-order valence-electron chi connectivity index (χ3n) is 3.29. The van der Waals surface area contributed by atoms with Crippen LogP contribution in [0.3, 0.4) is 0 Å². The molecule has 1 aromatic heterocycles. The molecular formula is C16H10F3NO3. The number of pyridine rings is 1. The second-order valence-corrected chi connectivity index (χ2v) is 4.84. The van der Waals surface area contributed by atoms with E-state index in [1.54, 1.807) is 24.3 Å². The molecular weight excluding hydrogens is 311 g/mol. The molecule has 0 bridgehead atoms. The number of benzene rings is 2. The van der Waals surface area contributed by atoms with Gasteiger partial charge in [-0.25, -0.2) is 0 Å². The fourth-order valence-electron chi connectivity index (χ4n) is 2.30. The molecule has 0 saturated heterocycles. The largest absolute Gasteiger partial charge is 0.573 e. The molecule has 0 spiro atoms. The van der Waals surface area contributed by atoms with E-state index in [1.165, 1.54) is 6.20 Å². The van der Waals surface area contributed by atoms with Crippen molar-refractivity contribution in [2.24, 2.45) is 0 Å². The van der Waals surface area contributed by atoms with E-state index in [9.17, 15) is 23.1 Å². The highest BCUT2D eigenvalue weighted by Crippen LogP contribution is 2.35. The normalized spacial score (nSPS) is 11.6. The molecule has 3 aromatic rings. The highest BCUT2D eigenvalue weighted by molar-refractivity contribution is 5.87. The van der Waals surface area contributed by atoms with Gasteiger partial charge in [0.2, 0.25) is 0 Å². The number of rotatable bonds is 2. The molecule has 1 heterocycles. The van der Waals surface area contributed by atoms with E-state index in [4.69, 9.17) is 0 Å². The van der Waals surface area contributed by atoms with Crippen molar-refractivity contribution < 1.29 is 23.0 Å². The summed E-state index contributed by atoms with van der Waals surface area (Å²) in [6.07, 6.45) is -3.34. The summed E-state index contributed by atoms with van der Waals surface area (Å²) >= 11 is 0. The van der Waals surface area contributed by atoms with Crippen molar-refractivity contribution in [2.75, 3.05) is 0 Å². The fourth-order valence-corrected chi connectivity index (χ4v) is 2.30. The minimum atomic E-state index is -4.81. The molecule has 0 radical (unpaired) electrons. The number of aromatic amines is 1. The standard InChI is InChI=1S/C16H10F3NO3/c17-16(18,19)23-11-2-4-14(21)13(8-11)9-1-3-12-10(7-9)5-6-20-15(12)22/h1-8,21H,(H,20,22). The number of nitrogens with one attached hydrogen (secondary N) is 1. The summed E-state index contributed by atoms with van der Waals surface area (Å²) in [7, 11) is 0. The van der Waals surface area contributed by atoms with Crippen molar-refractivity contribution in [3.63, 3.8) is 0 Å². The van der Waals surface area contributed by atoms with Crippen LogP contribution in [0.15, 0.2) is 53.5 Å². The number of hydrogen-bond donors (Lipinski definition) is 2. The topological polar surface area (TPSA) is 62.3 Å². The van der Waals surface area contributed by atoms with Crippen molar-refractivity contribution in [1.82, 2.24) is 4.98 Å². The number of fused-ring (bicyclic) bond motifs is 1. The first kappa shape index (κ1) is 15.0. The Balaban J connectivity index is 2.10. The minimum Gasteiger partial charge on any atom is -0.507 e. The summed E-state index contributed by atoms with van der Waals surface area (Å²) in [5.41, 5.74) is 0.370. The maximum absolute atomic E-state index is 12.3. The maximum Gasteiger partial charge on any atom is 0.573 e. The molecule has 0 atom stereocenters. The quantitative estimate of drug-likeness (QED) is 0.755. The van der Waals surface area contributed by atoms with Crippen LogP contribution >= 0.6 is 0 Å². The molecule has 2 N–H and O–H groups in total. The van der Waals surface area contributed by atoms with Crippen molar-refractivity contribution in [2.45, 2.75) is 6.36 Å². The van der Waals surface area contributed by atoms with Crippen LogP contribution < -0.4 is 10.3 Å². The van der Waals surface area contributed by atoms with Gasteiger partial charge in [-0.1, -0.05) is 6.07 Å². The molecule has 4 nitrogen and oxygen atoms in total. The average molecular weight is 321 g/mol. The van der Waals surface area contributed by atoms with Crippen LogP contribution in [0.25, 0.3) is 21.9 Å². The SMILES string of the molecule is O=c1[nH]ccc2cc(-c3cc(OC(F)(F)F)ccc3O)ccc12. The van der Waals surface area contributed by atoms with Gasteiger partial charge in [0.1, 0.15) is 11.5 Å². The van der Waals surface area contributed by atoms with Gasteiger partial charge in [-0.15, -0.1) is 13.2 Å². The third kappa shape index (κ3) is 3.13. The van der Waals surface area contributed by atoms with E-state index in [-0.39, 0.29) is 16.9 Å². The number of aromatic hydroxyl groups is 1. The number of halogens is 3. The van der Waals surface area contributed by atoms with E-state index in [0.717, 1.165) is 18.2 Å². The van der Waals surface area contributed by atoms with Gasteiger partial charge >= 0.3 is 6.36 Å². The van der Waals surface area contributed by atoms with Crippen molar-refractivity contribution >= 4 is 10.8 Å². The molecule has 3 rings (SSSR count). The van der Waals surface area contributed by atoms with Gasteiger partial charge in [-0.05, 0) is 47.3 Å². The third-order valence-corrected chi connectivity index (χ3v) is 3.29. The zero-order valence-corrected chi connectivity index (χ0v) is 11.5. The fraction of sp³-hybridized carbons (Fsp3) is 0.0625. The number of ether oxygens (including phenoxy) is 1. The van der Waals surface area contributed by atoms with Gasteiger partial charge < -0.3 is 14.8 Å². The molecule has 7 heteroatoms. The number of alkyl halides is 3. The summed E-state index contributed by atoms with van der Waals surface area (Å²) < 4.78 is 40.8. The Morgan fingerprint density at radius 1 is 1.04 bits per heavy atom. The average Bonchev–Trinajstić information content (AvgIpc) is 2.48. The van der Waals surface area contributed by atoms with E-state index in [2.05, 4.69) is 9.72 Å². The zero-order chi connectivity index (χ0) is 16.6. The summed E-state index contributed by atoms with van der Waals surface area (Å²) in [6.45, 7) is 0. The van der Waals surface area contributed by atoms with Crippen LogP contribution in [-0.4, -0.2) is 16.5 Å². The minimum absolute atomic E-state index is 0.175. The summed E-state index contributed by atoms with van der Waals surface area (Å²) in [5.74, 6) is -0.625. The van der Waals surface area contributed by atoms with Crippen LogP contribution in [0.5, 0.6) is 11.5 Å². The van der Waals surface area contributed by atoms with Gasteiger partial charge in [0.15, 0.2) is 0 Å². The number of phenolic OH excluding ortho intramolecular Hbond substituents is 1. The van der Waals surface area contributed by atoms with Crippen molar-refractivity contribution in [3.8, 4) is 22.6 Å². The lowest BCUT2D eigenvalue weighted by Gasteiger charge is -2.12.